The van der Waals surface area contributed by atoms with Crippen molar-refractivity contribution in [2.24, 2.45) is 0 Å². The van der Waals surface area contributed by atoms with Crippen LogP contribution in [-0.4, -0.2) is 55.0 Å². The van der Waals surface area contributed by atoms with E-state index in [9.17, 15) is 17.6 Å². The Balaban J connectivity index is 2.02. The highest BCUT2D eigenvalue weighted by Crippen LogP contribution is 2.25. The van der Waals surface area contributed by atoms with Crippen LogP contribution in [0.5, 0.6) is 11.5 Å². The third kappa shape index (κ3) is 6.41. The van der Waals surface area contributed by atoms with Crippen molar-refractivity contribution in [2.75, 3.05) is 40.6 Å². The number of carbonyl (C=O) groups excluding carboxylic acids is 1. The van der Waals surface area contributed by atoms with Crippen LogP contribution < -0.4 is 14.2 Å². The molecular formula is C19H22FNO7S. The molecule has 0 bridgehead atoms. The summed E-state index contributed by atoms with van der Waals surface area (Å²) in [6, 6.07) is 9.75. The lowest BCUT2D eigenvalue weighted by Crippen LogP contribution is -2.27. The van der Waals surface area contributed by atoms with Crippen molar-refractivity contribution in [2.45, 2.75) is 4.90 Å². The third-order valence-electron chi connectivity index (χ3n) is 3.70. The number of carbonyl (C=O) groups is 1. The van der Waals surface area contributed by atoms with Gasteiger partial charge in [0.2, 0.25) is 10.0 Å². The number of halogens is 1. The Morgan fingerprint density at radius 1 is 1.03 bits per heavy atom. The minimum Gasteiger partial charge on any atom is -0.495 e. The summed E-state index contributed by atoms with van der Waals surface area (Å²) < 4.78 is 60.9. The van der Waals surface area contributed by atoms with Crippen LogP contribution in [0.25, 0.3) is 0 Å². The molecule has 8 nitrogen and oxygen atoms in total. The van der Waals surface area contributed by atoms with Crippen molar-refractivity contribution in [3.63, 3.8) is 0 Å². The summed E-state index contributed by atoms with van der Waals surface area (Å²) in [6.45, 7) is 0.0370. The van der Waals surface area contributed by atoms with Gasteiger partial charge in [-0.2, -0.15) is 0 Å². The maximum Gasteiger partial charge on any atom is 0.338 e. The molecule has 2 rings (SSSR count). The highest BCUT2D eigenvalue weighted by Gasteiger charge is 2.22. The van der Waals surface area contributed by atoms with Crippen molar-refractivity contribution in [3.8, 4) is 11.5 Å². The number of nitrogens with one attached hydrogen (secondary N) is 1. The van der Waals surface area contributed by atoms with E-state index in [2.05, 4.69) is 4.72 Å². The Morgan fingerprint density at radius 3 is 2.48 bits per heavy atom. The van der Waals surface area contributed by atoms with E-state index >= 15 is 0 Å². The minimum atomic E-state index is -3.93. The molecule has 0 saturated carbocycles. The predicted molar refractivity (Wildman–Crippen MR) is 102 cm³/mol. The number of para-hydroxylation sites is 1. The summed E-state index contributed by atoms with van der Waals surface area (Å²) in [6.07, 6.45) is 0. The fourth-order valence-corrected chi connectivity index (χ4v) is 3.51. The second-order valence-electron chi connectivity index (χ2n) is 5.67. The van der Waals surface area contributed by atoms with Gasteiger partial charge in [0.1, 0.15) is 23.9 Å². The van der Waals surface area contributed by atoms with E-state index in [4.69, 9.17) is 18.9 Å². The molecule has 0 saturated heterocycles. The van der Waals surface area contributed by atoms with Crippen LogP contribution >= 0.6 is 0 Å². The first-order chi connectivity index (χ1) is 13.9. The summed E-state index contributed by atoms with van der Waals surface area (Å²) in [5.41, 5.74) is 0.0174. The van der Waals surface area contributed by atoms with Crippen molar-refractivity contribution in [1.82, 2.24) is 4.72 Å². The van der Waals surface area contributed by atoms with E-state index in [0.717, 1.165) is 6.07 Å². The largest absolute Gasteiger partial charge is 0.495 e. The summed E-state index contributed by atoms with van der Waals surface area (Å²) >= 11 is 0. The number of hydrogen-bond acceptors (Lipinski definition) is 7. The first-order valence-corrected chi connectivity index (χ1v) is 10.1. The molecule has 1 N–H and O–H groups in total. The Morgan fingerprint density at radius 2 is 1.79 bits per heavy atom. The van der Waals surface area contributed by atoms with Gasteiger partial charge in [-0.25, -0.2) is 22.3 Å². The van der Waals surface area contributed by atoms with Crippen LogP contribution in [0.15, 0.2) is 47.4 Å². The zero-order valence-corrected chi connectivity index (χ0v) is 16.8. The monoisotopic (exact) mass is 427 g/mol. The molecule has 0 aromatic heterocycles. The fraction of sp³-hybridized carbons (Fsp3) is 0.316. The highest BCUT2D eigenvalue weighted by atomic mass is 32.2. The summed E-state index contributed by atoms with van der Waals surface area (Å²) in [5.74, 6) is -1.15. The molecule has 2 aromatic rings. The Labute approximate surface area is 168 Å². The van der Waals surface area contributed by atoms with E-state index in [0.29, 0.717) is 0 Å². The van der Waals surface area contributed by atoms with Gasteiger partial charge in [-0.1, -0.05) is 12.1 Å². The van der Waals surface area contributed by atoms with Crippen LogP contribution in [0.1, 0.15) is 10.4 Å². The van der Waals surface area contributed by atoms with Gasteiger partial charge in [-0.3, -0.25) is 0 Å². The van der Waals surface area contributed by atoms with Gasteiger partial charge in [-0.15, -0.1) is 0 Å². The number of methoxy groups -OCH3 is 2. The molecule has 0 aliphatic rings. The van der Waals surface area contributed by atoms with Crippen LogP contribution in [0.2, 0.25) is 0 Å². The average Bonchev–Trinajstić information content (AvgIpc) is 2.71. The van der Waals surface area contributed by atoms with E-state index in [-0.39, 0.29) is 48.3 Å². The van der Waals surface area contributed by atoms with Crippen molar-refractivity contribution < 1.29 is 36.6 Å². The SMILES string of the molecule is COCCNS(=O)(=O)c1cc(C(=O)OCCOc2ccccc2F)ccc1OC. The molecule has 29 heavy (non-hydrogen) atoms. The topological polar surface area (TPSA) is 100 Å². The number of ether oxygens (including phenoxy) is 4. The Bertz CT molecular complexity index is 934. The molecule has 158 valence electrons. The molecule has 0 aliphatic carbocycles. The quantitative estimate of drug-likeness (QED) is 0.432. The molecular weight excluding hydrogens is 405 g/mol. The molecule has 0 fully saturated rings. The van der Waals surface area contributed by atoms with Gasteiger partial charge in [0.25, 0.3) is 0 Å². The zero-order valence-electron chi connectivity index (χ0n) is 16.0. The number of hydrogen-bond donors (Lipinski definition) is 1. The second-order valence-corrected chi connectivity index (χ2v) is 7.41. The van der Waals surface area contributed by atoms with E-state index in [1.807, 2.05) is 0 Å². The van der Waals surface area contributed by atoms with Gasteiger partial charge >= 0.3 is 5.97 Å². The molecule has 0 aliphatic heterocycles. The van der Waals surface area contributed by atoms with Gasteiger partial charge < -0.3 is 18.9 Å². The standard InChI is InChI=1S/C19H22FNO7S/c1-25-10-9-21-29(23,24)18-13-14(7-8-17(18)26-2)19(22)28-12-11-27-16-6-4-3-5-15(16)20/h3-8,13,21H,9-12H2,1-2H3. The summed E-state index contributed by atoms with van der Waals surface area (Å²) in [5, 5.41) is 0. The summed E-state index contributed by atoms with van der Waals surface area (Å²) in [7, 11) is -1.16. The van der Waals surface area contributed by atoms with E-state index in [1.165, 1.54) is 44.6 Å². The van der Waals surface area contributed by atoms with Crippen LogP contribution in [-0.2, 0) is 19.5 Å². The van der Waals surface area contributed by atoms with Crippen LogP contribution in [0.4, 0.5) is 4.39 Å². The molecule has 0 spiro atoms. The summed E-state index contributed by atoms with van der Waals surface area (Å²) in [4.78, 5) is 12.0. The maximum absolute atomic E-state index is 13.5. The van der Waals surface area contributed by atoms with Crippen molar-refractivity contribution >= 4 is 16.0 Å². The molecule has 2 aromatic carbocycles. The van der Waals surface area contributed by atoms with Crippen molar-refractivity contribution in [3.05, 3.63) is 53.8 Å². The number of benzene rings is 2. The van der Waals surface area contributed by atoms with E-state index in [1.54, 1.807) is 6.07 Å². The Kier molecular flexibility index (Phi) is 8.37. The lowest BCUT2D eigenvalue weighted by atomic mass is 10.2. The minimum absolute atomic E-state index is 0.0174. The lowest BCUT2D eigenvalue weighted by Gasteiger charge is -2.12. The smallest absolute Gasteiger partial charge is 0.338 e. The second kappa shape index (κ2) is 10.7. The number of sulfonamides is 1. The first-order valence-electron chi connectivity index (χ1n) is 8.60. The van der Waals surface area contributed by atoms with E-state index < -0.39 is 21.8 Å². The molecule has 0 heterocycles. The van der Waals surface area contributed by atoms with Crippen molar-refractivity contribution in [1.29, 1.82) is 0 Å². The van der Waals surface area contributed by atoms with Gasteiger partial charge in [-0.05, 0) is 30.3 Å². The Hall–Kier alpha value is -2.69. The first kappa shape index (κ1) is 22.6. The third-order valence-corrected chi connectivity index (χ3v) is 5.18. The fourth-order valence-electron chi connectivity index (χ4n) is 2.30. The zero-order chi connectivity index (χ0) is 21.3. The number of rotatable bonds is 11. The molecule has 0 atom stereocenters. The molecule has 0 radical (unpaired) electrons. The normalized spacial score (nSPS) is 11.1. The van der Waals surface area contributed by atoms with Crippen LogP contribution in [0, 0.1) is 5.82 Å². The highest BCUT2D eigenvalue weighted by molar-refractivity contribution is 7.89. The number of esters is 1. The lowest BCUT2D eigenvalue weighted by molar-refractivity contribution is 0.0448. The molecule has 0 unspecified atom stereocenters. The van der Waals surface area contributed by atoms with Gasteiger partial charge in [0.15, 0.2) is 11.6 Å². The predicted octanol–water partition coefficient (Wildman–Crippen LogP) is 1.99. The van der Waals surface area contributed by atoms with Gasteiger partial charge in [0, 0.05) is 13.7 Å². The van der Waals surface area contributed by atoms with Gasteiger partial charge in [0.05, 0.1) is 19.3 Å². The molecule has 10 heteroatoms. The average molecular weight is 427 g/mol. The maximum atomic E-state index is 13.5. The molecule has 0 amide bonds. The van der Waals surface area contributed by atoms with Crippen LogP contribution in [0.3, 0.4) is 0 Å².